The van der Waals surface area contributed by atoms with Gasteiger partial charge in [0.05, 0.1) is 7.11 Å². The summed E-state index contributed by atoms with van der Waals surface area (Å²) in [6.07, 6.45) is -4.61. The van der Waals surface area contributed by atoms with Gasteiger partial charge in [0, 0.05) is 5.69 Å². The van der Waals surface area contributed by atoms with Crippen LogP contribution >= 0.6 is 0 Å². The highest BCUT2D eigenvalue weighted by molar-refractivity contribution is 5.62. The second kappa shape index (κ2) is 5.36. The van der Waals surface area contributed by atoms with Gasteiger partial charge in [-0.1, -0.05) is 18.2 Å². The molecular formula is C13H12F3N3O. The van der Waals surface area contributed by atoms with E-state index in [9.17, 15) is 13.2 Å². The summed E-state index contributed by atoms with van der Waals surface area (Å²) < 4.78 is 44.1. The van der Waals surface area contributed by atoms with Crippen molar-refractivity contribution in [2.75, 3.05) is 12.4 Å². The average molecular weight is 283 g/mol. The van der Waals surface area contributed by atoms with E-state index in [0.29, 0.717) is 5.69 Å². The van der Waals surface area contributed by atoms with Crippen molar-refractivity contribution in [2.24, 2.45) is 0 Å². The maximum atomic E-state index is 13.1. The van der Waals surface area contributed by atoms with Crippen LogP contribution in [-0.4, -0.2) is 17.1 Å². The van der Waals surface area contributed by atoms with Gasteiger partial charge >= 0.3 is 6.18 Å². The fourth-order valence-corrected chi connectivity index (χ4v) is 1.70. The topological polar surface area (TPSA) is 47.0 Å². The normalized spacial score (nSPS) is 11.2. The van der Waals surface area contributed by atoms with Crippen molar-refractivity contribution < 1.29 is 17.9 Å². The van der Waals surface area contributed by atoms with E-state index in [1.54, 1.807) is 30.3 Å². The number of aromatic nitrogens is 2. The minimum absolute atomic E-state index is 0.188. The van der Waals surface area contributed by atoms with Crippen molar-refractivity contribution in [1.82, 2.24) is 9.97 Å². The first kappa shape index (κ1) is 14.1. The molecule has 7 heteroatoms. The molecular weight excluding hydrogens is 271 g/mol. The first-order valence-corrected chi connectivity index (χ1v) is 5.73. The number of aryl methyl sites for hydroxylation is 1. The van der Waals surface area contributed by atoms with Gasteiger partial charge in [-0.3, -0.25) is 0 Å². The molecule has 0 aliphatic rings. The van der Waals surface area contributed by atoms with Crippen LogP contribution in [0.4, 0.5) is 24.7 Å². The van der Waals surface area contributed by atoms with Crippen LogP contribution in [0, 0.1) is 6.92 Å². The van der Waals surface area contributed by atoms with Gasteiger partial charge in [0.2, 0.25) is 5.88 Å². The Morgan fingerprint density at radius 2 is 1.75 bits per heavy atom. The molecule has 0 atom stereocenters. The summed E-state index contributed by atoms with van der Waals surface area (Å²) in [5, 5.41) is 2.64. The first-order valence-electron chi connectivity index (χ1n) is 5.73. The number of rotatable bonds is 3. The largest absolute Gasteiger partial charge is 0.480 e. The van der Waals surface area contributed by atoms with Gasteiger partial charge in [-0.25, -0.2) is 4.98 Å². The van der Waals surface area contributed by atoms with Crippen molar-refractivity contribution in [1.29, 1.82) is 0 Å². The quantitative estimate of drug-likeness (QED) is 0.935. The van der Waals surface area contributed by atoms with E-state index in [0.717, 1.165) is 7.11 Å². The van der Waals surface area contributed by atoms with Crippen molar-refractivity contribution in [3.63, 3.8) is 0 Å². The lowest BCUT2D eigenvalue weighted by molar-refractivity contribution is -0.138. The van der Waals surface area contributed by atoms with E-state index in [2.05, 4.69) is 15.3 Å². The Morgan fingerprint density at radius 1 is 1.10 bits per heavy atom. The van der Waals surface area contributed by atoms with Crippen LogP contribution in [0.1, 0.15) is 11.4 Å². The summed E-state index contributed by atoms with van der Waals surface area (Å²) in [5.74, 6) is -0.634. The molecule has 0 fully saturated rings. The number of nitrogens with zero attached hydrogens (tertiary/aromatic N) is 2. The predicted molar refractivity (Wildman–Crippen MR) is 68.0 cm³/mol. The molecule has 0 amide bonds. The Morgan fingerprint density at radius 3 is 2.30 bits per heavy atom. The van der Waals surface area contributed by atoms with Gasteiger partial charge in [-0.05, 0) is 19.1 Å². The third-order valence-electron chi connectivity index (χ3n) is 2.50. The minimum Gasteiger partial charge on any atom is -0.480 e. The Bertz CT molecular complexity index is 600. The summed E-state index contributed by atoms with van der Waals surface area (Å²) in [4.78, 5) is 7.49. The molecule has 2 aromatic rings. The predicted octanol–water partition coefficient (Wildman–Crippen LogP) is 3.56. The van der Waals surface area contributed by atoms with Crippen LogP contribution < -0.4 is 10.1 Å². The van der Waals surface area contributed by atoms with Gasteiger partial charge in [-0.15, -0.1) is 0 Å². The van der Waals surface area contributed by atoms with Gasteiger partial charge in [-0.2, -0.15) is 18.2 Å². The number of para-hydroxylation sites is 1. The lowest BCUT2D eigenvalue weighted by atomic mass is 10.2. The standard InChI is InChI=1S/C13H12F3N3O/c1-8-17-11(19-9-6-4-3-5-7-9)10(13(14,15)16)12(18-8)20-2/h3-7H,1-2H3,(H,17,18,19). The van der Waals surface area contributed by atoms with Crippen molar-refractivity contribution in [3.8, 4) is 5.88 Å². The Kier molecular flexibility index (Phi) is 3.78. The lowest BCUT2D eigenvalue weighted by Crippen LogP contribution is -2.14. The molecule has 0 radical (unpaired) electrons. The monoisotopic (exact) mass is 283 g/mol. The van der Waals surface area contributed by atoms with Crippen molar-refractivity contribution >= 4 is 11.5 Å². The summed E-state index contributed by atoms with van der Waals surface area (Å²) >= 11 is 0. The molecule has 4 nitrogen and oxygen atoms in total. The third-order valence-corrected chi connectivity index (χ3v) is 2.50. The molecule has 2 rings (SSSR count). The molecule has 1 heterocycles. The molecule has 0 spiro atoms. The van der Waals surface area contributed by atoms with E-state index < -0.39 is 17.6 Å². The molecule has 1 N–H and O–H groups in total. The van der Waals surface area contributed by atoms with Gasteiger partial charge in [0.25, 0.3) is 0 Å². The highest BCUT2D eigenvalue weighted by atomic mass is 19.4. The molecule has 0 aliphatic carbocycles. The zero-order valence-electron chi connectivity index (χ0n) is 10.8. The zero-order valence-corrected chi connectivity index (χ0v) is 10.8. The summed E-state index contributed by atoms with van der Waals surface area (Å²) in [5.41, 5.74) is -0.521. The van der Waals surface area contributed by atoms with Gasteiger partial charge in [0.15, 0.2) is 5.56 Å². The van der Waals surface area contributed by atoms with E-state index >= 15 is 0 Å². The van der Waals surface area contributed by atoms with E-state index in [4.69, 9.17) is 4.74 Å². The summed E-state index contributed by atoms with van der Waals surface area (Å²) in [7, 11) is 1.14. The van der Waals surface area contributed by atoms with E-state index in [1.807, 2.05) is 0 Å². The minimum atomic E-state index is -4.61. The number of alkyl halides is 3. The van der Waals surface area contributed by atoms with E-state index in [1.165, 1.54) is 6.92 Å². The molecule has 106 valence electrons. The third kappa shape index (κ3) is 2.98. The van der Waals surface area contributed by atoms with Crippen LogP contribution in [-0.2, 0) is 6.18 Å². The van der Waals surface area contributed by atoms with Crippen LogP contribution in [0.5, 0.6) is 5.88 Å². The maximum absolute atomic E-state index is 13.1. The second-order valence-electron chi connectivity index (χ2n) is 3.99. The highest BCUT2D eigenvalue weighted by Gasteiger charge is 2.39. The van der Waals surface area contributed by atoms with Crippen LogP contribution in [0.2, 0.25) is 0 Å². The maximum Gasteiger partial charge on any atom is 0.425 e. The lowest BCUT2D eigenvalue weighted by Gasteiger charge is -2.16. The Balaban J connectivity index is 2.53. The SMILES string of the molecule is COc1nc(C)nc(Nc2ccccc2)c1C(F)(F)F. The Labute approximate surface area is 113 Å². The number of benzene rings is 1. The number of hydrogen-bond acceptors (Lipinski definition) is 4. The van der Waals surface area contributed by atoms with E-state index in [-0.39, 0.29) is 11.6 Å². The highest BCUT2D eigenvalue weighted by Crippen LogP contribution is 2.40. The molecule has 0 aliphatic heterocycles. The number of anilines is 2. The van der Waals surface area contributed by atoms with Crippen LogP contribution in [0.3, 0.4) is 0 Å². The van der Waals surface area contributed by atoms with Gasteiger partial charge in [0.1, 0.15) is 11.6 Å². The number of nitrogens with one attached hydrogen (secondary N) is 1. The van der Waals surface area contributed by atoms with Gasteiger partial charge < -0.3 is 10.1 Å². The molecule has 0 unspecified atom stereocenters. The molecule has 0 bridgehead atoms. The molecule has 1 aromatic carbocycles. The number of methoxy groups -OCH3 is 1. The fraction of sp³-hybridized carbons (Fsp3) is 0.231. The van der Waals surface area contributed by atoms with Crippen molar-refractivity contribution in [3.05, 3.63) is 41.7 Å². The van der Waals surface area contributed by atoms with Crippen molar-refractivity contribution in [2.45, 2.75) is 13.1 Å². The number of halogens is 3. The molecule has 20 heavy (non-hydrogen) atoms. The average Bonchev–Trinajstić information content (AvgIpc) is 2.37. The molecule has 0 saturated heterocycles. The van der Waals surface area contributed by atoms with Crippen LogP contribution in [0.15, 0.2) is 30.3 Å². The molecule has 1 aromatic heterocycles. The van der Waals surface area contributed by atoms with Crippen LogP contribution in [0.25, 0.3) is 0 Å². The second-order valence-corrected chi connectivity index (χ2v) is 3.99. The number of ether oxygens (including phenoxy) is 1. The number of hydrogen-bond donors (Lipinski definition) is 1. The molecule has 0 saturated carbocycles. The fourth-order valence-electron chi connectivity index (χ4n) is 1.70. The smallest absolute Gasteiger partial charge is 0.425 e. The summed E-state index contributed by atoms with van der Waals surface area (Å²) in [6.45, 7) is 1.50. The Hall–Kier alpha value is -2.31. The summed E-state index contributed by atoms with van der Waals surface area (Å²) in [6, 6.07) is 8.47. The first-order chi connectivity index (χ1) is 9.41. The zero-order chi connectivity index (χ0) is 14.8.